The molecule has 1 heterocycles. The Morgan fingerprint density at radius 3 is 2.78 bits per heavy atom. The van der Waals surface area contributed by atoms with Crippen LogP contribution < -0.4 is 4.74 Å². The summed E-state index contributed by atoms with van der Waals surface area (Å²) in [4.78, 5) is 7.79. The lowest BCUT2D eigenvalue weighted by atomic mass is 10.2. The molecule has 2 aromatic rings. The van der Waals surface area contributed by atoms with Crippen molar-refractivity contribution in [2.24, 2.45) is 0 Å². The van der Waals surface area contributed by atoms with E-state index in [0.717, 1.165) is 0 Å². The molecular weight excluding hydrogens is 273 g/mol. The van der Waals surface area contributed by atoms with E-state index >= 15 is 0 Å². The van der Waals surface area contributed by atoms with E-state index in [1.54, 1.807) is 24.3 Å². The van der Waals surface area contributed by atoms with Gasteiger partial charge in [0.05, 0.1) is 17.0 Å². The topological polar surface area (TPSA) is 58.8 Å². The monoisotopic (exact) mass is 279 g/mol. The van der Waals surface area contributed by atoms with Crippen molar-refractivity contribution < 1.29 is 4.74 Å². The van der Waals surface area contributed by atoms with Crippen molar-refractivity contribution in [1.82, 2.24) is 9.97 Å². The van der Waals surface area contributed by atoms with Crippen molar-refractivity contribution in [3.63, 3.8) is 0 Å². The number of halogens is 2. The number of hydrogen-bond donors (Lipinski definition) is 0. The maximum atomic E-state index is 8.96. The molecule has 0 unspecified atom stereocenters. The Balaban J connectivity index is 2.41. The summed E-state index contributed by atoms with van der Waals surface area (Å²) in [6.07, 6.45) is 1.28. The molecule has 0 aliphatic carbocycles. The van der Waals surface area contributed by atoms with E-state index in [1.165, 1.54) is 6.33 Å². The van der Waals surface area contributed by atoms with Gasteiger partial charge in [0, 0.05) is 0 Å². The number of benzene rings is 1. The minimum atomic E-state index is 0.129. The molecule has 0 amide bonds. The summed E-state index contributed by atoms with van der Waals surface area (Å²) in [6, 6.07) is 8.87. The molecule has 1 aromatic carbocycles. The molecule has 0 aliphatic heterocycles. The number of nitriles is 1. The Bertz CT molecular complexity index is 611. The largest absolute Gasteiger partial charge is 0.437 e. The van der Waals surface area contributed by atoms with Gasteiger partial charge < -0.3 is 4.74 Å². The van der Waals surface area contributed by atoms with Crippen LogP contribution >= 0.6 is 23.2 Å². The Kier molecular flexibility index (Phi) is 3.98. The molecule has 6 heteroatoms. The van der Waals surface area contributed by atoms with Gasteiger partial charge in [0.2, 0.25) is 5.88 Å². The van der Waals surface area contributed by atoms with Crippen LogP contribution in [0.2, 0.25) is 5.15 Å². The molecule has 0 N–H and O–H groups in total. The third-order valence-corrected chi connectivity index (χ3v) is 2.79. The molecular formula is C12H7Cl2N3O. The fraction of sp³-hybridized carbons (Fsp3) is 0.0833. The first-order valence-electron chi connectivity index (χ1n) is 4.98. The predicted octanol–water partition coefficient (Wildman–Crippen LogP) is 3.53. The number of ether oxygens (including phenoxy) is 1. The third kappa shape index (κ3) is 2.53. The highest BCUT2D eigenvalue weighted by Crippen LogP contribution is 2.29. The van der Waals surface area contributed by atoms with Crippen LogP contribution in [0, 0.1) is 11.3 Å². The lowest BCUT2D eigenvalue weighted by Crippen LogP contribution is -1.97. The van der Waals surface area contributed by atoms with Gasteiger partial charge >= 0.3 is 0 Å². The van der Waals surface area contributed by atoms with E-state index in [1.807, 2.05) is 6.07 Å². The minimum Gasteiger partial charge on any atom is -0.437 e. The highest BCUT2D eigenvalue weighted by Gasteiger charge is 2.12. The number of alkyl halides is 1. The van der Waals surface area contributed by atoms with E-state index in [0.29, 0.717) is 16.9 Å². The van der Waals surface area contributed by atoms with Gasteiger partial charge in [-0.05, 0) is 12.1 Å². The molecule has 0 bridgehead atoms. The van der Waals surface area contributed by atoms with Crippen LogP contribution in [-0.2, 0) is 5.88 Å². The van der Waals surface area contributed by atoms with Crippen molar-refractivity contribution in [3.8, 4) is 17.7 Å². The lowest BCUT2D eigenvalue weighted by Gasteiger charge is -2.09. The summed E-state index contributed by atoms with van der Waals surface area (Å²) < 4.78 is 5.56. The van der Waals surface area contributed by atoms with Crippen LogP contribution in [0.1, 0.15) is 11.1 Å². The van der Waals surface area contributed by atoms with Crippen molar-refractivity contribution in [3.05, 3.63) is 46.9 Å². The zero-order valence-corrected chi connectivity index (χ0v) is 10.6. The molecule has 4 nitrogen and oxygen atoms in total. The number of para-hydroxylation sites is 1. The predicted molar refractivity (Wildman–Crippen MR) is 67.8 cm³/mol. The molecule has 0 aliphatic rings. The third-order valence-electron chi connectivity index (χ3n) is 2.20. The first kappa shape index (κ1) is 12.6. The van der Waals surface area contributed by atoms with Crippen LogP contribution in [0.3, 0.4) is 0 Å². The molecule has 0 fully saturated rings. The van der Waals surface area contributed by atoms with Gasteiger partial charge in [-0.3, -0.25) is 0 Å². The molecule has 0 saturated heterocycles. The van der Waals surface area contributed by atoms with Crippen molar-refractivity contribution in [1.29, 1.82) is 5.26 Å². The van der Waals surface area contributed by atoms with Crippen LogP contribution in [0.5, 0.6) is 11.6 Å². The zero-order valence-electron chi connectivity index (χ0n) is 9.10. The fourth-order valence-electron chi connectivity index (χ4n) is 1.33. The number of rotatable bonds is 3. The van der Waals surface area contributed by atoms with Crippen LogP contribution in [0.25, 0.3) is 0 Å². The maximum absolute atomic E-state index is 8.96. The zero-order chi connectivity index (χ0) is 13.0. The molecule has 0 saturated carbocycles. The quantitative estimate of drug-likeness (QED) is 0.637. The second-order valence-corrected chi connectivity index (χ2v) is 3.92. The average molecular weight is 280 g/mol. The van der Waals surface area contributed by atoms with Crippen LogP contribution in [0.4, 0.5) is 0 Å². The minimum absolute atomic E-state index is 0.129. The summed E-state index contributed by atoms with van der Waals surface area (Å²) in [7, 11) is 0. The van der Waals surface area contributed by atoms with Gasteiger partial charge in [-0.2, -0.15) is 5.26 Å². The number of aromatic nitrogens is 2. The number of hydrogen-bond acceptors (Lipinski definition) is 4. The Morgan fingerprint density at radius 2 is 2.06 bits per heavy atom. The normalized spacial score (nSPS) is 9.83. The van der Waals surface area contributed by atoms with Crippen molar-refractivity contribution in [2.45, 2.75) is 5.88 Å². The fourth-order valence-corrected chi connectivity index (χ4v) is 1.83. The second-order valence-electron chi connectivity index (χ2n) is 3.29. The smallest absolute Gasteiger partial charge is 0.228 e. The standard InChI is InChI=1S/C12H7Cl2N3O/c13-5-9-11(14)16-7-17-12(9)18-10-4-2-1-3-8(10)6-15/h1-4,7H,5H2. The highest BCUT2D eigenvalue weighted by molar-refractivity contribution is 6.31. The molecule has 1 aromatic heterocycles. The van der Waals surface area contributed by atoms with Gasteiger partial charge in [0.15, 0.2) is 0 Å². The Hall–Kier alpha value is -1.83. The lowest BCUT2D eigenvalue weighted by molar-refractivity contribution is 0.455. The first-order valence-corrected chi connectivity index (χ1v) is 5.90. The SMILES string of the molecule is N#Cc1ccccc1Oc1ncnc(Cl)c1CCl. The van der Waals surface area contributed by atoms with Gasteiger partial charge in [0.25, 0.3) is 0 Å². The molecule has 0 atom stereocenters. The summed E-state index contributed by atoms with van der Waals surface area (Å²) >= 11 is 11.7. The van der Waals surface area contributed by atoms with Gasteiger partial charge in [-0.25, -0.2) is 9.97 Å². The van der Waals surface area contributed by atoms with E-state index in [2.05, 4.69) is 9.97 Å². The van der Waals surface area contributed by atoms with E-state index in [4.69, 9.17) is 33.2 Å². The Labute approximate surface area is 114 Å². The van der Waals surface area contributed by atoms with Crippen molar-refractivity contribution in [2.75, 3.05) is 0 Å². The van der Waals surface area contributed by atoms with E-state index in [-0.39, 0.29) is 16.9 Å². The summed E-state index contributed by atoms with van der Waals surface area (Å²) in [5.74, 6) is 0.790. The van der Waals surface area contributed by atoms with E-state index < -0.39 is 0 Å². The van der Waals surface area contributed by atoms with E-state index in [9.17, 15) is 0 Å². The van der Waals surface area contributed by atoms with Gasteiger partial charge in [-0.15, -0.1) is 11.6 Å². The van der Waals surface area contributed by atoms with Crippen LogP contribution in [-0.4, -0.2) is 9.97 Å². The second kappa shape index (κ2) is 5.67. The Morgan fingerprint density at radius 1 is 1.28 bits per heavy atom. The number of nitrogens with zero attached hydrogens (tertiary/aromatic N) is 3. The van der Waals surface area contributed by atoms with Crippen molar-refractivity contribution >= 4 is 23.2 Å². The molecule has 2 rings (SSSR count). The molecule has 90 valence electrons. The van der Waals surface area contributed by atoms with Crippen LogP contribution in [0.15, 0.2) is 30.6 Å². The first-order chi connectivity index (χ1) is 8.76. The highest BCUT2D eigenvalue weighted by atomic mass is 35.5. The molecule has 0 radical (unpaired) electrons. The maximum Gasteiger partial charge on any atom is 0.228 e. The summed E-state index contributed by atoms with van der Waals surface area (Å²) in [5, 5.41) is 9.20. The summed E-state index contributed by atoms with van der Waals surface area (Å²) in [5.41, 5.74) is 0.904. The average Bonchev–Trinajstić information content (AvgIpc) is 2.40. The molecule has 0 spiro atoms. The molecule has 18 heavy (non-hydrogen) atoms. The van der Waals surface area contributed by atoms with Gasteiger partial charge in [-0.1, -0.05) is 23.7 Å². The summed E-state index contributed by atoms with van der Waals surface area (Å²) in [6.45, 7) is 0. The van der Waals surface area contributed by atoms with Gasteiger partial charge in [0.1, 0.15) is 23.3 Å².